The molecule has 9 aliphatic heterocycles. The fraction of sp³-hybridized carbons (Fsp3) is 0.469. The average Bonchev–Trinajstić information content (AvgIpc) is 1.58. The number of pyridine rings is 1. The van der Waals surface area contributed by atoms with Crippen LogP contribution < -0.4 is 51.1 Å². The lowest BCUT2D eigenvalue weighted by Gasteiger charge is -2.27. The molecule has 20 N–H and O–H groups in total. The molecule has 6 unspecified atom stereocenters. The number of alkyl halides is 3. The molecule has 27 atom stereocenters. The van der Waals surface area contributed by atoms with Gasteiger partial charge < -0.3 is 124 Å². The van der Waals surface area contributed by atoms with Crippen LogP contribution in [0.3, 0.4) is 0 Å². The highest BCUT2D eigenvalue weighted by atomic mass is 32.7. The summed E-state index contributed by atoms with van der Waals surface area (Å²) < 4.78 is 199. The summed E-state index contributed by atoms with van der Waals surface area (Å²) in [6.45, 7) is -24.1. The summed E-state index contributed by atoms with van der Waals surface area (Å²) in [6, 6.07) is 4.60. The van der Waals surface area contributed by atoms with Gasteiger partial charge in [0.15, 0.2) is 87.8 Å². The molecule has 9 saturated heterocycles. The van der Waals surface area contributed by atoms with Crippen LogP contribution in [0.25, 0.3) is 55.8 Å². The molecule has 54 nitrogen and oxygen atoms in total. The number of hydrogen-bond donors (Lipinski definition) is 15. The number of nitrogen functional groups attached to an aromatic ring is 6. The Bertz CT molecular complexity index is 6810. The first-order valence-corrected chi connectivity index (χ1v) is 53.7. The van der Waals surface area contributed by atoms with Gasteiger partial charge in [-0.1, -0.05) is 12.2 Å². The topological polar surface area (TPSA) is 726 Å². The van der Waals surface area contributed by atoms with Crippen molar-refractivity contribution in [2.24, 2.45) is 0 Å². The monoisotopic (exact) mass is 2070 g/mol. The van der Waals surface area contributed by atoms with E-state index >= 15 is 13.2 Å². The normalized spacial score (nSPS) is 36.4. The largest absolute Gasteiger partial charge is 0.472 e. The van der Waals surface area contributed by atoms with Gasteiger partial charge in [-0.15, -0.1) is 0 Å². The first-order valence-electron chi connectivity index (χ1n) is 39.1. The number of H-pyrrole nitrogens is 3. The zero-order valence-electron chi connectivity index (χ0n) is 66.9. The number of thiol groups is 1. The smallest absolute Gasteiger partial charge is 0.398 e. The van der Waals surface area contributed by atoms with Crippen molar-refractivity contribution >= 4 is 192 Å². The van der Waals surface area contributed by atoms with Gasteiger partial charge in [0.2, 0.25) is 17.8 Å². The number of hydrogen-bond acceptors (Lipinski definition) is 44. The van der Waals surface area contributed by atoms with Crippen molar-refractivity contribution in [1.82, 2.24) is 97.3 Å². The third kappa shape index (κ3) is 18.8. The molecule has 133 heavy (non-hydrogen) atoms. The van der Waals surface area contributed by atoms with Crippen LogP contribution in [0.1, 0.15) is 67.5 Å². The Kier molecular flexibility index (Phi) is 25.5. The molecule has 0 saturated carbocycles. The van der Waals surface area contributed by atoms with Gasteiger partial charge in [-0.3, -0.25) is 65.7 Å². The van der Waals surface area contributed by atoms with E-state index in [4.69, 9.17) is 164 Å². The van der Waals surface area contributed by atoms with Crippen LogP contribution in [0.15, 0.2) is 88.7 Å². The number of ether oxygens (including phenoxy) is 6. The predicted octanol–water partition coefficient (Wildman–Crippen LogP) is 2.64. The van der Waals surface area contributed by atoms with Gasteiger partial charge in [-0.25, -0.2) is 56.6 Å². The van der Waals surface area contributed by atoms with Gasteiger partial charge in [0.05, 0.1) is 107 Å². The Labute approximate surface area is 763 Å². The van der Waals surface area contributed by atoms with E-state index in [2.05, 4.69) is 82.3 Å². The van der Waals surface area contributed by atoms with Crippen LogP contribution in [0.4, 0.5) is 52.7 Å². The number of phosphoric ester groups is 1. The number of aromatic amines is 3. The van der Waals surface area contributed by atoms with Crippen LogP contribution in [0.5, 0.6) is 0 Å². The lowest BCUT2D eigenvalue weighted by Crippen LogP contribution is -2.32. The Balaban J connectivity index is 0.000000129. The quantitative estimate of drug-likeness (QED) is 0.0646. The molecule has 12 aromatic rings. The van der Waals surface area contributed by atoms with Crippen LogP contribution in [0.2, 0.25) is 0 Å². The summed E-state index contributed by atoms with van der Waals surface area (Å²) in [5.74, 6) is -0.689. The highest BCUT2D eigenvalue weighted by Gasteiger charge is 2.57. The van der Waals surface area contributed by atoms with Crippen molar-refractivity contribution in [2.75, 3.05) is 74.0 Å². The SMILES string of the molecule is Nc1nc2c(ncn2[C@@H]2O[C@@H]3COP(O)(=S)O[C@H]4C[C@H](c5cnn6c(N)ccnc56)O[C@@H]4COP(=O)(S)O[C@@H]2[C@@H]3F)c(=O)[nH]1.Nc1nc2c(ncn2[C@@H]2O[C@@H]3COP(O)(=S)O[C@H]4C[C@H](c5cnn6c(N)ccnc56)O[C@@H]4COP(O)(=S)O[C@@H]2[C@@H]3F)c(=O)[nH]1.Nc1nc2c(ncn2[C@@H]2O[C@@H]3COP(O)(=S)O[C@H]4C[C@H](n5cc(F)c6c(N)ccnc65)O[C@@H]4COP(=O)(O)O[C@@H]2[C@@H]3F)c(=O)[nH]1. The highest BCUT2D eigenvalue weighted by Crippen LogP contribution is 2.61. The number of aromatic nitrogens is 20. The van der Waals surface area contributed by atoms with E-state index in [1.165, 1.54) is 59.9 Å². The Morgan fingerprint density at radius 1 is 0.429 bits per heavy atom. The summed E-state index contributed by atoms with van der Waals surface area (Å²) in [4.78, 5) is 135. The Morgan fingerprint density at radius 2 is 0.797 bits per heavy atom. The zero-order valence-corrected chi connectivity index (χ0v) is 76.4. The van der Waals surface area contributed by atoms with Crippen LogP contribution in [-0.4, -0.2) is 253 Å². The number of imidazole rings is 3. The molecule has 21 rings (SSSR count). The van der Waals surface area contributed by atoms with Gasteiger partial charge in [0, 0.05) is 60.9 Å². The highest BCUT2D eigenvalue weighted by molar-refractivity contribution is 8.44. The molecule has 9 fully saturated rings. The first-order chi connectivity index (χ1) is 63.1. The molecule has 0 radical (unpaired) electrons. The van der Waals surface area contributed by atoms with Crippen LogP contribution in [-0.2, 0) is 139 Å². The number of fused-ring (bicyclic) bond motifs is 15. The third-order valence-electron chi connectivity index (χ3n) is 22.1. The fourth-order valence-electron chi connectivity index (χ4n) is 16.2. The van der Waals surface area contributed by atoms with Gasteiger partial charge >= 0.3 is 41.5 Å². The summed E-state index contributed by atoms with van der Waals surface area (Å²) in [5, 5.41) is 8.56. The van der Waals surface area contributed by atoms with Gasteiger partial charge in [-0.2, -0.15) is 34.2 Å². The summed E-state index contributed by atoms with van der Waals surface area (Å²) in [6.07, 6.45) is -15.8. The van der Waals surface area contributed by atoms with Gasteiger partial charge in [0.25, 0.3) is 16.7 Å². The average molecular weight is 2080 g/mol. The van der Waals surface area contributed by atoms with E-state index in [1.807, 2.05) is 0 Å². The molecule has 12 aromatic heterocycles. The van der Waals surface area contributed by atoms with Crippen molar-refractivity contribution in [1.29, 1.82) is 0 Å². The maximum absolute atomic E-state index is 15.9. The van der Waals surface area contributed by atoms with Gasteiger partial charge in [0.1, 0.15) is 78.4 Å². The van der Waals surface area contributed by atoms with E-state index in [9.17, 15) is 52.4 Å². The summed E-state index contributed by atoms with van der Waals surface area (Å²) in [5.41, 5.74) is 34.7. The second kappa shape index (κ2) is 36.1. The minimum Gasteiger partial charge on any atom is -0.398 e. The number of nitrogens with zero attached hydrogens (tertiary/aromatic N) is 17. The molecule has 0 spiro atoms. The molecular weight excluding hydrogens is 2000 g/mol. The molecule has 9 aliphatic rings. The molecule has 0 amide bonds. The summed E-state index contributed by atoms with van der Waals surface area (Å²) in [7, 11) is -5.09. The number of halogens is 4. The second-order valence-corrected chi connectivity index (χ2v) is 46.1. The Hall–Kier alpha value is -8.01. The van der Waals surface area contributed by atoms with Crippen molar-refractivity contribution < 1.29 is 134 Å². The maximum Gasteiger partial charge on any atom is 0.472 e. The standard InChI is InChI=1S/C22H24F2N8O10P2S.2C21H24FN9O9P2S2/c23-8-4-31(18-14(8)9(25)1-2-27-18)13-3-10-11(39-13)5-37-43(34,35)42-17-15(24)12(6-38-44(36,45)41-10)40-21(17)32-7-28-16-19(32)29-22(26)30-20(16)33;2*22-14-12-6-36-41(33,43)39-10-3-9(8-4-27-31-13(23)1-2-25-17(8)31)37-11(10)5-35-42(34,44)40-16(14)20(38-12)30-7-26-15-18(30)28-21(24)29-19(15)32/h1-2,4,7,10-13,15,17,21H,3,5-6H2,(H2,25,27)(H,34,35)(H,36,45)(H3,26,29,30,33);2*1-2,4,7,9-12,14,16,20H,3,5-6,23H2,(H,33,43)(H,34,44)(H3,24,28,29,32)/t10-,11+,12+,13+,15+,17+,21+,44?;2*9-,10+,11-,12-,14-,16-,20-,41?,42?/m011/s1. The molecule has 21 heterocycles. The summed E-state index contributed by atoms with van der Waals surface area (Å²) >= 11 is 25.0. The number of anilines is 6. The molecule has 714 valence electrons. The van der Waals surface area contributed by atoms with E-state index in [1.54, 1.807) is 18.3 Å². The van der Waals surface area contributed by atoms with Crippen molar-refractivity contribution in [3.63, 3.8) is 0 Å². The molecule has 6 bridgehead atoms. The van der Waals surface area contributed by atoms with E-state index in [0.29, 0.717) is 34.1 Å². The minimum atomic E-state index is -5.09. The molecule has 0 aromatic carbocycles. The molecule has 0 aliphatic carbocycles. The van der Waals surface area contributed by atoms with E-state index in [-0.39, 0.29) is 93.9 Å². The minimum absolute atomic E-state index is 0.0420. The number of rotatable bonds is 6. The van der Waals surface area contributed by atoms with Crippen LogP contribution in [0, 0.1) is 5.82 Å². The first kappa shape index (κ1) is 94.0. The zero-order chi connectivity index (χ0) is 93.8. The third-order valence-corrected chi connectivity index (χ3v) is 31.1. The number of phosphoric acid groups is 1. The van der Waals surface area contributed by atoms with Crippen LogP contribution >= 0.6 is 53.7 Å². The lowest BCUT2D eigenvalue weighted by molar-refractivity contribution is -0.0639. The molecule has 69 heteroatoms. The second-order valence-electron chi connectivity index (χ2n) is 30.6. The maximum atomic E-state index is 15.9. The Morgan fingerprint density at radius 3 is 1.24 bits per heavy atom. The lowest BCUT2D eigenvalue weighted by atomic mass is 10.1. The number of nitrogens with two attached hydrogens (primary N) is 6. The van der Waals surface area contributed by atoms with Gasteiger partial charge in [-0.05, 0) is 65.4 Å². The van der Waals surface area contributed by atoms with E-state index in [0.717, 1.165) is 23.4 Å². The number of nitrogens with one attached hydrogen (secondary N) is 3. The molecular formula is C64H72F4N26O28P6S5. The van der Waals surface area contributed by atoms with Crippen molar-refractivity contribution in [3.05, 3.63) is 122 Å². The van der Waals surface area contributed by atoms with Crippen molar-refractivity contribution in [3.8, 4) is 0 Å². The van der Waals surface area contributed by atoms with Crippen molar-refractivity contribution in [2.45, 2.75) is 148 Å². The predicted molar refractivity (Wildman–Crippen MR) is 463 cm³/mol. The fourth-order valence-corrected chi connectivity index (χ4v) is 24.4. The van der Waals surface area contributed by atoms with E-state index < -0.39 is 226 Å².